The predicted octanol–water partition coefficient (Wildman–Crippen LogP) is 3.06. The van der Waals surface area contributed by atoms with Gasteiger partial charge in [-0.25, -0.2) is 0 Å². The van der Waals surface area contributed by atoms with Gasteiger partial charge in [0, 0.05) is 13.1 Å². The van der Waals surface area contributed by atoms with Gasteiger partial charge in [0.2, 0.25) is 11.7 Å². The number of benzene rings is 2. The molecule has 1 aromatic heterocycles. The van der Waals surface area contributed by atoms with Crippen molar-refractivity contribution < 1.29 is 18.8 Å². The lowest BCUT2D eigenvalue weighted by Crippen LogP contribution is -2.50. The van der Waals surface area contributed by atoms with Crippen LogP contribution in [0.3, 0.4) is 0 Å². The quantitative estimate of drug-likeness (QED) is 0.655. The Bertz CT molecular complexity index is 979. The molecule has 4 rings (SSSR count). The minimum atomic E-state index is -0.0519. The fraction of sp³-hybridized carbons (Fsp3) is 0.286. The Kier molecular flexibility index (Phi) is 4.97. The van der Waals surface area contributed by atoms with Gasteiger partial charge >= 0.3 is 0 Å². The zero-order valence-electron chi connectivity index (χ0n) is 15.8. The van der Waals surface area contributed by atoms with E-state index < -0.39 is 0 Å². The number of ether oxygens (including phenoxy) is 2. The van der Waals surface area contributed by atoms with Gasteiger partial charge in [0.05, 0.1) is 18.6 Å². The van der Waals surface area contributed by atoms with Gasteiger partial charge in [0.15, 0.2) is 6.61 Å². The van der Waals surface area contributed by atoms with E-state index in [1.807, 2.05) is 55.5 Å². The van der Waals surface area contributed by atoms with Crippen LogP contribution in [0.2, 0.25) is 0 Å². The van der Waals surface area contributed by atoms with Crippen molar-refractivity contribution in [2.24, 2.45) is 0 Å². The average Bonchev–Trinajstić information content (AvgIpc) is 3.15. The molecular weight excluding hydrogens is 358 g/mol. The molecule has 0 radical (unpaired) electrons. The SMILES string of the molecule is COc1ccccc1-c1noc(C2CN(C(=O)COc3ccccc3C)C2)n1. The molecule has 144 valence electrons. The highest BCUT2D eigenvalue weighted by molar-refractivity contribution is 5.79. The number of rotatable bonds is 6. The van der Waals surface area contributed by atoms with Crippen molar-refractivity contribution in [3.05, 3.63) is 60.0 Å². The van der Waals surface area contributed by atoms with Crippen LogP contribution < -0.4 is 9.47 Å². The first-order valence-corrected chi connectivity index (χ1v) is 9.09. The lowest BCUT2D eigenvalue weighted by Gasteiger charge is -2.36. The molecule has 1 amide bonds. The third-order valence-corrected chi connectivity index (χ3v) is 4.82. The molecule has 3 aromatic rings. The number of carbonyl (C=O) groups is 1. The standard InChI is InChI=1S/C21H21N3O4/c1-14-7-3-5-9-17(14)27-13-19(25)24-11-15(12-24)21-22-20(23-28-21)16-8-4-6-10-18(16)26-2/h3-10,15H,11-13H2,1-2H3. The summed E-state index contributed by atoms with van der Waals surface area (Å²) in [5.41, 5.74) is 1.78. The van der Waals surface area contributed by atoms with Crippen molar-refractivity contribution in [1.29, 1.82) is 0 Å². The molecule has 0 aliphatic carbocycles. The molecule has 0 spiro atoms. The van der Waals surface area contributed by atoms with E-state index in [0.717, 1.165) is 16.9 Å². The van der Waals surface area contributed by atoms with Crippen molar-refractivity contribution in [3.63, 3.8) is 0 Å². The summed E-state index contributed by atoms with van der Waals surface area (Å²) in [6.07, 6.45) is 0. The summed E-state index contributed by atoms with van der Waals surface area (Å²) < 4.78 is 16.4. The summed E-state index contributed by atoms with van der Waals surface area (Å²) in [6.45, 7) is 3.06. The number of methoxy groups -OCH3 is 1. The van der Waals surface area contributed by atoms with E-state index >= 15 is 0 Å². The fourth-order valence-electron chi connectivity index (χ4n) is 3.13. The number of amides is 1. The minimum absolute atomic E-state index is 0.0217. The second-order valence-electron chi connectivity index (χ2n) is 6.71. The van der Waals surface area contributed by atoms with E-state index in [4.69, 9.17) is 14.0 Å². The van der Waals surface area contributed by atoms with Crippen molar-refractivity contribution >= 4 is 5.91 Å². The highest BCUT2D eigenvalue weighted by Gasteiger charge is 2.36. The van der Waals surface area contributed by atoms with Crippen LogP contribution in [0.1, 0.15) is 17.4 Å². The van der Waals surface area contributed by atoms with Crippen LogP contribution in [-0.4, -0.2) is 47.8 Å². The summed E-state index contributed by atoms with van der Waals surface area (Å²) in [5.74, 6) is 2.42. The Morgan fingerprint density at radius 2 is 1.86 bits per heavy atom. The molecule has 0 atom stereocenters. The number of para-hydroxylation sites is 2. The minimum Gasteiger partial charge on any atom is -0.496 e. The summed E-state index contributed by atoms with van der Waals surface area (Å²) in [4.78, 5) is 18.5. The van der Waals surface area contributed by atoms with Crippen LogP contribution in [-0.2, 0) is 4.79 Å². The van der Waals surface area contributed by atoms with Gasteiger partial charge in [-0.1, -0.05) is 35.5 Å². The molecule has 7 heteroatoms. The molecule has 28 heavy (non-hydrogen) atoms. The number of hydrogen-bond donors (Lipinski definition) is 0. The summed E-state index contributed by atoms with van der Waals surface area (Å²) in [5, 5.41) is 4.06. The topological polar surface area (TPSA) is 77.7 Å². The van der Waals surface area contributed by atoms with Crippen LogP contribution in [0.15, 0.2) is 53.1 Å². The Balaban J connectivity index is 1.33. The summed E-state index contributed by atoms with van der Waals surface area (Å²) in [7, 11) is 1.61. The smallest absolute Gasteiger partial charge is 0.260 e. The largest absolute Gasteiger partial charge is 0.496 e. The van der Waals surface area contributed by atoms with Gasteiger partial charge in [-0.05, 0) is 30.7 Å². The van der Waals surface area contributed by atoms with Crippen LogP contribution in [0.4, 0.5) is 0 Å². The van der Waals surface area contributed by atoms with Gasteiger partial charge < -0.3 is 18.9 Å². The maximum Gasteiger partial charge on any atom is 0.260 e. The van der Waals surface area contributed by atoms with Crippen molar-refractivity contribution in [2.45, 2.75) is 12.8 Å². The van der Waals surface area contributed by atoms with Crippen LogP contribution in [0.5, 0.6) is 11.5 Å². The molecule has 1 fully saturated rings. The number of nitrogens with zero attached hydrogens (tertiary/aromatic N) is 3. The second kappa shape index (κ2) is 7.72. The van der Waals surface area contributed by atoms with Gasteiger partial charge in [-0.2, -0.15) is 4.98 Å². The van der Waals surface area contributed by atoms with E-state index in [1.165, 1.54) is 0 Å². The average molecular weight is 379 g/mol. The van der Waals surface area contributed by atoms with Crippen molar-refractivity contribution in [2.75, 3.05) is 26.8 Å². The number of hydrogen-bond acceptors (Lipinski definition) is 6. The van der Waals surface area contributed by atoms with E-state index in [2.05, 4.69) is 10.1 Å². The number of likely N-dealkylation sites (tertiary alicyclic amines) is 1. The van der Waals surface area contributed by atoms with Gasteiger partial charge in [-0.15, -0.1) is 0 Å². The highest BCUT2D eigenvalue weighted by atomic mass is 16.5. The predicted molar refractivity (Wildman–Crippen MR) is 102 cm³/mol. The second-order valence-corrected chi connectivity index (χ2v) is 6.71. The van der Waals surface area contributed by atoms with Crippen molar-refractivity contribution in [1.82, 2.24) is 15.0 Å². The van der Waals surface area contributed by atoms with Crippen LogP contribution in [0, 0.1) is 6.92 Å². The van der Waals surface area contributed by atoms with E-state index in [0.29, 0.717) is 30.6 Å². The van der Waals surface area contributed by atoms with Crippen molar-refractivity contribution in [3.8, 4) is 22.9 Å². The normalized spacial score (nSPS) is 13.9. The molecule has 0 bridgehead atoms. The Morgan fingerprint density at radius 3 is 2.61 bits per heavy atom. The molecule has 1 saturated heterocycles. The molecule has 7 nitrogen and oxygen atoms in total. The number of aromatic nitrogens is 2. The first-order chi connectivity index (χ1) is 13.7. The first-order valence-electron chi connectivity index (χ1n) is 9.09. The first kappa shape index (κ1) is 18.0. The zero-order chi connectivity index (χ0) is 19.5. The lowest BCUT2D eigenvalue weighted by atomic mass is 10.00. The molecule has 0 unspecified atom stereocenters. The number of aryl methyl sites for hydroxylation is 1. The van der Waals surface area contributed by atoms with E-state index in [9.17, 15) is 4.79 Å². The van der Waals surface area contributed by atoms with Gasteiger partial charge in [0.25, 0.3) is 5.91 Å². The lowest BCUT2D eigenvalue weighted by molar-refractivity contribution is -0.138. The molecule has 1 aliphatic heterocycles. The van der Waals surface area contributed by atoms with E-state index in [-0.39, 0.29) is 18.4 Å². The molecule has 2 aromatic carbocycles. The Labute approximate surface area is 162 Å². The highest BCUT2D eigenvalue weighted by Crippen LogP contribution is 2.31. The van der Waals surface area contributed by atoms with Gasteiger partial charge in [-0.3, -0.25) is 4.79 Å². The molecule has 0 N–H and O–H groups in total. The summed E-state index contributed by atoms with van der Waals surface area (Å²) >= 11 is 0. The maximum atomic E-state index is 12.3. The molecule has 1 aliphatic rings. The zero-order valence-corrected chi connectivity index (χ0v) is 15.8. The van der Waals surface area contributed by atoms with E-state index in [1.54, 1.807) is 12.0 Å². The monoisotopic (exact) mass is 379 g/mol. The van der Waals surface area contributed by atoms with Crippen LogP contribution in [0.25, 0.3) is 11.4 Å². The molecule has 0 saturated carbocycles. The molecular formula is C21H21N3O4. The third kappa shape index (κ3) is 3.55. The summed E-state index contributed by atoms with van der Waals surface area (Å²) in [6, 6.07) is 15.2. The third-order valence-electron chi connectivity index (χ3n) is 4.82. The Hall–Kier alpha value is -3.35. The maximum absolute atomic E-state index is 12.3. The number of carbonyl (C=O) groups excluding carboxylic acids is 1. The van der Waals surface area contributed by atoms with Gasteiger partial charge in [0.1, 0.15) is 11.5 Å². The fourth-order valence-corrected chi connectivity index (χ4v) is 3.13. The molecule has 2 heterocycles. The van der Waals surface area contributed by atoms with Crippen LogP contribution >= 0.6 is 0 Å². The Morgan fingerprint density at radius 1 is 1.14 bits per heavy atom.